The highest BCUT2D eigenvalue weighted by Gasteiger charge is 2.59. The van der Waals surface area contributed by atoms with E-state index in [0.29, 0.717) is 11.3 Å². The standard InChI is InChI=1S/C26H25N3O4/c1-15(16-7-3-2-4-8-16)27-24(31)19-9-5-6-10-20(19)28-21(30)14-29-25(32)22-17-11-12-18(13-17)23(22)26(29)33/h2-12,15,17-18,22-23H,13-14H2,1H3,(H,27,31)(H,28,30). The van der Waals surface area contributed by atoms with E-state index in [1.807, 2.05) is 49.4 Å². The van der Waals surface area contributed by atoms with Gasteiger partial charge in [0.05, 0.1) is 29.1 Å². The Morgan fingerprint density at radius 1 is 0.939 bits per heavy atom. The molecule has 0 spiro atoms. The number of nitrogens with zero attached hydrogens (tertiary/aromatic N) is 1. The molecule has 1 saturated heterocycles. The number of benzene rings is 2. The summed E-state index contributed by atoms with van der Waals surface area (Å²) in [6, 6.07) is 16.1. The average Bonchev–Trinajstić information content (AvgIpc) is 3.50. The Morgan fingerprint density at radius 2 is 1.55 bits per heavy atom. The van der Waals surface area contributed by atoms with Crippen LogP contribution in [-0.4, -0.2) is 35.1 Å². The molecule has 2 bridgehead atoms. The van der Waals surface area contributed by atoms with E-state index in [1.165, 1.54) is 0 Å². The number of rotatable bonds is 6. The second-order valence-electron chi connectivity index (χ2n) is 8.96. The molecular weight excluding hydrogens is 418 g/mol. The summed E-state index contributed by atoms with van der Waals surface area (Å²) in [6.45, 7) is 1.54. The summed E-state index contributed by atoms with van der Waals surface area (Å²) in [4.78, 5) is 52.4. The topological polar surface area (TPSA) is 95.6 Å². The molecule has 168 valence electrons. The lowest BCUT2D eigenvalue weighted by Crippen LogP contribution is -2.39. The lowest BCUT2D eigenvalue weighted by atomic mass is 9.85. The number of carbonyl (C=O) groups excluding carboxylic acids is 4. The number of carbonyl (C=O) groups is 4. The van der Waals surface area contributed by atoms with Crippen molar-refractivity contribution in [3.05, 3.63) is 77.9 Å². The van der Waals surface area contributed by atoms with E-state index in [-0.39, 0.29) is 54.0 Å². The number of hydrogen-bond acceptors (Lipinski definition) is 4. The minimum Gasteiger partial charge on any atom is -0.345 e. The van der Waals surface area contributed by atoms with Gasteiger partial charge < -0.3 is 10.6 Å². The zero-order valence-corrected chi connectivity index (χ0v) is 18.2. The molecule has 7 nitrogen and oxygen atoms in total. The lowest BCUT2D eigenvalue weighted by Gasteiger charge is -2.18. The lowest BCUT2D eigenvalue weighted by molar-refractivity contribution is -0.143. The summed E-state index contributed by atoms with van der Waals surface area (Å²) < 4.78 is 0. The smallest absolute Gasteiger partial charge is 0.253 e. The van der Waals surface area contributed by atoms with E-state index in [2.05, 4.69) is 10.6 Å². The van der Waals surface area contributed by atoms with Crippen LogP contribution in [0.4, 0.5) is 5.69 Å². The van der Waals surface area contributed by atoms with E-state index in [9.17, 15) is 19.2 Å². The number of para-hydroxylation sites is 1. The molecule has 2 fully saturated rings. The van der Waals surface area contributed by atoms with E-state index in [1.54, 1.807) is 24.3 Å². The highest BCUT2D eigenvalue weighted by molar-refractivity contribution is 6.10. The van der Waals surface area contributed by atoms with Gasteiger partial charge in [0.1, 0.15) is 6.54 Å². The Balaban J connectivity index is 1.26. The van der Waals surface area contributed by atoms with E-state index < -0.39 is 5.91 Å². The predicted octanol–water partition coefficient (Wildman–Crippen LogP) is 2.92. The molecule has 1 saturated carbocycles. The van der Waals surface area contributed by atoms with Crippen molar-refractivity contribution in [2.45, 2.75) is 19.4 Å². The Kier molecular flexibility index (Phi) is 5.32. The molecule has 3 aliphatic rings. The maximum Gasteiger partial charge on any atom is 0.253 e. The second-order valence-corrected chi connectivity index (χ2v) is 8.96. The van der Waals surface area contributed by atoms with E-state index in [0.717, 1.165) is 16.9 Å². The van der Waals surface area contributed by atoms with Gasteiger partial charge in [-0.15, -0.1) is 0 Å². The molecule has 1 aliphatic heterocycles. The number of imide groups is 1. The number of likely N-dealkylation sites (tertiary alicyclic amines) is 1. The summed E-state index contributed by atoms with van der Waals surface area (Å²) >= 11 is 0. The van der Waals surface area contributed by atoms with Crippen LogP contribution in [0, 0.1) is 23.7 Å². The molecule has 0 aromatic heterocycles. The van der Waals surface area contributed by atoms with Gasteiger partial charge in [-0.25, -0.2) is 0 Å². The fourth-order valence-electron chi connectivity index (χ4n) is 5.34. The van der Waals surface area contributed by atoms with Crippen LogP contribution in [0.5, 0.6) is 0 Å². The van der Waals surface area contributed by atoms with Gasteiger partial charge in [0.2, 0.25) is 17.7 Å². The molecule has 7 heteroatoms. The first kappa shape index (κ1) is 21.1. The quantitative estimate of drug-likeness (QED) is 0.530. The summed E-state index contributed by atoms with van der Waals surface area (Å²) in [6.07, 6.45) is 4.88. The molecule has 4 amide bonds. The van der Waals surface area contributed by atoms with Crippen LogP contribution >= 0.6 is 0 Å². The molecule has 5 unspecified atom stereocenters. The SMILES string of the molecule is CC(NC(=O)c1ccccc1NC(=O)CN1C(=O)C2C3C=CC(C3)C2C1=O)c1ccccc1. The summed E-state index contributed by atoms with van der Waals surface area (Å²) in [5.41, 5.74) is 1.61. The van der Waals surface area contributed by atoms with Crippen molar-refractivity contribution in [1.82, 2.24) is 10.2 Å². The fourth-order valence-corrected chi connectivity index (χ4v) is 5.34. The third kappa shape index (κ3) is 3.73. The maximum atomic E-state index is 12.9. The predicted molar refractivity (Wildman–Crippen MR) is 122 cm³/mol. The van der Waals surface area contributed by atoms with Crippen molar-refractivity contribution in [1.29, 1.82) is 0 Å². The van der Waals surface area contributed by atoms with Crippen LogP contribution in [0.15, 0.2) is 66.7 Å². The number of amides is 4. The Labute approximate surface area is 191 Å². The van der Waals surface area contributed by atoms with E-state index in [4.69, 9.17) is 0 Å². The molecule has 1 heterocycles. The molecule has 2 aromatic carbocycles. The van der Waals surface area contributed by atoms with Crippen molar-refractivity contribution >= 4 is 29.3 Å². The fraction of sp³-hybridized carbons (Fsp3) is 0.308. The summed E-state index contributed by atoms with van der Waals surface area (Å²) in [5, 5.41) is 5.66. The van der Waals surface area contributed by atoms with Crippen LogP contribution < -0.4 is 10.6 Å². The Bertz CT molecular complexity index is 1130. The number of anilines is 1. The van der Waals surface area contributed by atoms with Gasteiger partial charge in [-0.05, 0) is 42.9 Å². The number of hydrogen-bond donors (Lipinski definition) is 2. The molecular formula is C26H25N3O4. The van der Waals surface area contributed by atoms with Gasteiger partial charge in [0.25, 0.3) is 5.91 Å². The zero-order valence-electron chi connectivity index (χ0n) is 18.2. The van der Waals surface area contributed by atoms with Gasteiger partial charge in [-0.3, -0.25) is 24.1 Å². The van der Waals surface area contributed by atoms with E-state index >= 15 is 0 Å². The molecule has 0 radical (unpaired) electrons. The maximum absolute atomic E-state index is 12.9. The average molecular weight is 444 g/mol. The Morgan fingerprint density at radius 3 is 2.21 bits per heavy atom. The molecule has 5 atom stereocenters. The molecule has 5 rings (SSSR count). The van der Waals surface area contributed by atoms with Crippen LogP contribution in [0.1, 0.15) is 35.3 Å². The molecule has 2 N–H and O–H groups in total. The highest BCUT2D eigenvalue weighted by Crippen LogP contribution is 2.52. The third-order valence-electron chi connectivity index (χ3n) is 6.96. The number of allylic oxidation sites excluding steroid dienone is 2. The van der Waals surface area contributed by atoms with Gasteiger partial charge in [0, 0.05) is 0 Å². The molecule has 2 aromatic rings. The number of fused-ring (bicyclic) bond motifs is 5. The van der Waals surface area contributed by atoms with Gasteiger partial charge in [-0.2, -0.15) is 0 Å². The van der Waals surface area contributed by atoms with Crippen LogP contribution in [-0.2, 0) is 14.4 Å². The van der Waals surface area contributed by atoms with Crippen molar-refractivity contribution < 1.29 is 19.2 Å². The van der Waals surface area contributed by atoms with Crippen molar-refractivity contribution in [2.75, 3.05) is 11.9 Å². The highest BCUT2D eigenvalue weighted by atomic mass is 16.2. The van der Waals surface area contributed by atoms with Gasteiger partial charge >= 0.3 is 0 Å². The van der Waals surface area contributed by atoms with Crippen molar-refractivity contribution in [3.8, 4) is 0 Å². The first-order valence-corrected chi connectivity index (χ1v) is 11.2. The molecule has 2 aliphatic carbocycles. The largest absolute Gasteiger partial charge is 0.345 e. The minimum atomic E-state index is -0.506. The van der Waals surface area contributed by atoms with Gasteiger partial charge in [0.15, 0.2) is 0 Å². The van der Waals surface area contributed by atoms with Crippen molar-refractivity contribution in [2.24, 2.45) is 23.7 Å². The van der Waals surface area contributed by atoms with Crippen LogP contribution in [0.2, 0.25) is 0 Å². The summed E-state index contributed by atoms with van der Waals surface area (Å²) in [7, 11) is 0. The number of nitrogens with one attached hydrogen (secondary N) is 2. The normalized spacial score (nSPS) is 25.8. The molecule has 33 heavy (non-hydrogen) atoms. The monoisotopic (exact) mass is 443 g/mol. The summed E-state index contributed by atoms with van der Waals surface area (Å²) in [5.74, 6) is -1.84. The first-order valence-electron chi connectivity index (χ1n) is 11.2. The first-order chi connectivity index (χ1) is 15.9. The Hall–Kier alpha value is -3.74. The van der Waals surface area contributed by atoms with Crippen LogP contribution in [0.25, 0.3) is 0 Å². The van der Waals surface area contributed by atoms with Crippen molar-refractivity contribution in [3.63, 3.8) is 0 Å². The zero-order chi connectivity index (χ0) is 23.1. The third-order valence-corrected chi connectivity index (χ3v) is 6.96. The second kappa shape index (κ2) is 8.31. The van der Waals surface area contributed by atoms with Crippen LogP contribution in [0.3, 0.4) is 0 Å². The minimum absolute atomic E-state index is 0.0977. The van der Waals surface area contributed by atoms with Gasteiger partial charge in [-0.1, -0.05) is 54.6 Å².